The van der Waals surface area contributed by atoms with Gasteiger partial charge in [0, 0.05) is 0 Å². The van der Waals surface area contributed by atoms with Crippen molar-refractivity contribution >= 4 is 0 Å². The highest BCUT2D eigenvalue weighted by atomic mass is 16.7. The van der Waals surface area contributed by atoms with Gasteiger partial charge < -0.3 is 9.47 Å². The Kier molecular flexibility index (Phi) is 2.67. The van der Waals surface area contributed by atoms with Gasteiger partial charge in [0.1, 0.15) is 5.60 Å². The van der Waals surface area contributed by atoms with Gasteiger partial charge in [0.25, 0.3) is 0 Å². The van der Waals surface area contributed by atoms with E-state index in [-0.39, 0.29) is 11.9 Å². The summed E-state index contributed by atoms with van der Waals surface area (Å²) < 4.78 is 11.8. The second-order valence-corrected chi connectivity index (χ2v) is 4.42. The van der Waals surface area contributed by atoms with Crippen LogP contribution in [0.3, 0.4) is 0 Å². The van der Waals surface area contributed by atoms with Gasteiger partial charge in [-0.3, -0.25) is 0 Å². The number of hydrogen-bond donors (Lipinski definition) is 0. The zero-order valence-electron chi connectivity index (χ0n) is 9.38. The van der Waals surface area contributed by atoms with E-state index in [4.69, 9.17) is 9.47 Å². The number of ether oxygens (including phenoxy) is 2. The van der Waals surface area contributed by atoms with Crippen molar-refractivity contribution in [2.75, 3.05) is 0 Å². The van der Waals surface area contributed by atoms with Crippen molar-refractivity contribution in [3.05, 3.63) is 11.6 Å². The number of allylic oxidation sites excluding steroid dienone is 1. The van der Waals surface area contributed by atoms with Crippen molar-refractivity contribution in [2.24, 2.45) is 0 Å². The van der Waals surface area contributed by atoms with Crippen LogP contribution >= 0.6 is 0 Å². The zero-order chi connectivity index (χ0) is 10.2. The van der Waals surface area contributed by atoms with Crippen LogP contribution in [-0.2, 0) is 9.47 Å². The topological polar surface area (TPSA) is 18.5 Å². The first-order valence-electron chi connectivity index (χ1n) is 5.66. The summed E-state index contributed by atoms with van der Waals surface area (Å²) >= 11 is 0. The molecule has 0 N–H and O–H groups in total. The van der Waals surface area contributed by atoms with E-state index in [1.54, 1.807) is 0 Å². The molecule has 2 heteroatoms. The van der Waals surface area contributed by atoms with Crippen LogP contribution in [0, 0.1) is 0 Å². The van der Waals surface area contributed by atoms with E-state index in [1.165, 1.54) is 18.4 Å². The van der Waals surface area contributed by atoms with Crippen molar-refractivity contribution < 1.29 is 9.47 Å². The molecule has 3 atom stereocenters. The molecule has 1 aliphatic heterocycles. The average molecular weight is 196 g/mol. The predicted octanol–water partition coefficient (Wildman–Crippen LogP) is 3.03. The maximum Gasteiger partial charge on any atom is 0.156 e. The average Bonchev–Trinajstić information content (AvgIpc) is 2.53. The molecule has 0 bridgehead atoms. The summed E-state index contributed by atoms with van der Waals surface area (Å²) in [4.78, 5) is 0. The largest absolute Gasteiger partial charge is 0.346 e. The van der Waals surface area contributed by atoms with Crippen LogP contribution in [0.1, 0.15) is 46.5 Å². The van der Waals surface area contributed by atoms with Gasteiger partial charge in [-0.05, 0) is 39.2 Å². The first kappa shape index (κ1) is 10.2. The molecule has 0 radical (unpaired) electrons. The van der Waals surface area contributed by atoms with E-state index < -0.39 is 0 Å². The van der Waals surface area contributed by atoms with Crippen LogP contribution in [0.15, 0.2) is 11.6 Å². The molecule has 1 saturated heterocycles. The molecule has 80 valence electrons. The van der Waals surface area contributed by atoms with Crippen molar-refractivity contribution in [1.82, 2.24) is 0 Å². The van der Waals surface area contributed by atoms with Gasteiger partial charge in [-0.2, -0.15) is 0 Å². The molecule has 2 fully saturated rings. The van der Waals surface area contributed by atoms with Crippen molar-refractivity contribution in [3.63, 3.8) is 0 Å². The molecular formula is C12H20O2. The third-order valence-electron chi connectivity index (χ3n) is 3.62. The molecule has 0 aromatic heterocycles. The lowest BCUT2D eigenvalue weighted by Gasteiger charge is -2.37. The van der Waals surface area contributed by atoms with Crippen LogP contribution in [0.5, 0.6) is 0 Å². The molecule has 0 aromatic carbocycles. The van der Waals surface area contributed by atoms with Crippen LogP contribution in [0.25, 0.3) is 0 Å². The van der Waals surface area contributed by atoms with E-state index in [1.807, 2.05) is 6.92 Å². The van der Waals surface area contributed by atoms with Crippen molar-refractivity contribution in [2.45, 2.75) is 64.4 Å². The number of rotatable bonds is 1. The van der Waals surface area contributed by atoms with Crippen LogP contribution in [0.4, 0.5) is 0 Å². The Balaban J connectivity index is 2.27. The minimum Gasteiger partial charge on any atom is -0.346 e. The monoisotopic (exact) mass is 196 g/mol. The smallest absolute Gasteiger partial charge is 0.156 e. The molecule has 2 nitrogen and oxygen atoms in total. The van der Waals surface area contributed by atoms with Gasteiger partial charge >= 0.3 is 0 Å². The third-order valence-corrected chi connectivity index (χ3v) is 3.62. The molecule has 0 spiro atoms. The Hall–Kier alpha value is -0.340. The molecule has 0 aromatic rings. The highest BCUT2D eigenvalue weighted by molar-refractivity contribution is 5.20. The Labute approximate surface area is 86.3 Å². The first-order chi connectivity index (χ1) is 6.69. The van der Waals surface area contributed by atoms with Crippen molar-refractivity contribution in [3.8, 4) is 0 Å². The summed E-state index contributed by atoms with van der Waals surface area (Å²) in [6.45, 7) is 6.25. The molecule has 0 amide bonds. The minimum atomic E-state index is -0.0909. The van der Waals surface area contributed by atoms with Gasteiger partial charge in [-0.1, -0.05) is 18.9 Å². The Morgan fingerprint density at radius 1 is 1.43 bits per heavy atom. The Bertz CT molecular complexity index is 247. The molecule has 2 rings (SSSR count). The minimum absolute atomic E-state index is 0.0343. The summed E-state index contributed by atoms with van der Waals surface area (Å²) in [7, 11) is 0. The summed E-state index contributed by atoms with van der Waals surface area (Å²) in [6, 6.07) is 0. The number of hydrogen-bond acceptors (Lipinski definition) is 2. The van der Waals surface area contributed by atoms with Gasteiger partial charge in [-0.25, -0.2) is 0 Å². The van der Waals surface area contributed by atoms with Gasteiger partial charge in [0.15, 0.2) is 6.29 Å². The SMILES string of the molecule is C/C=C(\C)[C@]12CCCC[C@H]1OC(C)O2. The third kappa shape index (κ3) is 1.41. The zero-order valence-corrected chi connectivity index (χ0v) is 9.38. The van der Waals surface area contributed by atoms with Crippen LogP contribution in [0.2, 0.25) is 0 Å². The lowest BCUT2D eigenvalue weighted by Crippen LogP contribution is -2.43. The van der Waals surface area contributed by atoms with Crippen molar-refractivity contribution in [1.29, 1.82) is 0 Å². The number of fused-ring (bicyclic) bond motifs is 1. The van der Waals surface area contributed by atoms with E-state index in [2.05, 4.69) is 19.9 Å². The van der Waals surface area contributed by atoms with E-state index >= 15 is 0 Å². The highest BCUT2D eigenvalue weighted by Gasteiger charge is 2.50. The molecule has 1 heterocycles. The van der Waals surface area contributed by atoms with Gasteiger partial charge in [0.2, 0.25) is 0 Å². The fourth-order valence-corrected chi connectivity index (χ4v) is 2.77. The molecule has 2 aliphatic rings. The van der Waals surface area contributed by atoms with Gasteiger partial charge in [0.05, 0.1) is 6.10 Å². The maximum atomic E-state index is 6.02. The summed E-state index contributed by atoms with van der Waals surface area (Å²) in [6.07, 6.45) is 7.24. The van der Waals surface area contributed by atoms with Crippen LogP contribution < -0.4 is 0 Å². The van der Waals surface area contributed by atoms with E-state index in [0.717, 1.165) is 12.8 Å². The second kappa shape index (κ2) is 3.67. The van der Waals surface area contributed by atoms with Gasteiger partial charge in [-0.15, -0.1) is 0 Å². The normalized spacial score (nSPS) is 43.8. The Morgan fingerprint density at radius 3 is 2.93 bits per heavy atom. The molecular weight excluding hydrogens is 176 g/mol. The first-order valence-corrected chi connectivity index (χ1v) is 5.66. The molecule has 1 aliphatic carbocycles. The standard InChI is InChI=1S/C12H20O2/c1-4-9(2)12-8-6-5-7-11(12)13-10(3)14-12/h4,10-11H,5-8H2,1-3H3/b9-4+/t10?,11-,12-/m1/s1. The fraction of sp³-hybridized carbons (Fsp3) is 0.833. The second-order valence-electron chi connectivity index (χ2n) is 4.42. The summed E-state index contributed by atoms with van der Waals surface area (Å²) in [5.74, 6) is 0. The molecule has 1 saturated carbocycles. The summed E-state index contributed by atoms with van der Waals surface area (Å²) in [5.41, 5.74) is 1.25. The summed E-state index contributed by atoms with van der Waals surface area (Å²) in [5, 5.41) is 0. The lowest BCUT2D eigenvalue weighted by molar-refractivity contribution is -0.0672. The fourth-order valence-electron chi connectivity index (χ4n) is 2.77. The highest BCUT2D eigenvalue weighted by Crippen LogP contribution is 2.45. The quantitative estimate of drug-likeness (QED) is 0.600. The lowest BCUT2D eigenvalue weighted by atomic mass is 9.77. The van der Waals surface area contributed by atoms with Crippen LogP contribution in [-0.4, -0.2) is 18.0 Å². The Morgan fingerprint density at radius 2 is 2.21 bits per heavy atom. The molecule has 14 heavy (non-hydrogen) atoms. The predicted molar refractivity (Wildman–Crippen MR) is 56.1 cm³/mol. The van der Waals surface area contributed by atoms with E-state index in [9.17, 15) is 0 Å². The van der Waals surface area contributed by atoms with E-state index in [0.29, 0.717) is 6.10 Å². The maximum absolute atomic E-state index is 6.02. The molecule has 1 unspecified atom stereocenters.